The monoisotopic (exact) mass is 240 g/mol. The number of hydrogen-bond donors (Lipinski definition) is 1. The molecular weight excluding hydrogens is 219 g/mol. The van der Waals surface area contributed by atoms with Crippen molar-refractivity contribution in [1.29, 1.82) is 0 Å². The summed E-state index contributed by atoms with van der Waals surface area (Å²) < 4.78 is 26.1. The smallest absolute Gasteiger partial charge is 0.327 e. The predicted octanol–water partition coefficient (Wildman–Crippen LogP) is 1.65. The molecule has 0 aromatic carbocycles. The first-order valence-corrected chi connectivity index (χ1v) is 7.00. The minimum Gasteiger partial charge on any atom is -0.379 e. The van der Waals surface area contributed by atoms with Crippen LogP contribution in [0.2, 0.25) is 0 Å². The van der Waals surface area contributed by atoms with Crippen LogP contribution in [-0.4, -0.2) is 44.1 Å². The first kappa shape index (κ1) is 15.1. The lowest BCUT2D eigenvalue weighted by atomic mass is 10.5. The third-order valence-corrected chi connectivity index (χ3v) is 3.03. The molecule has 0 saturated heterocycles. The van der Waals surface area contributed by atoms with Crippen LogP contribution in [0.1, 0.15) is 20.3 Å². The van der Waals surface area contributed by atoms with Crippen molar-refractivity contribution in [2.75, 3.05) is 39.2 Å². The van der Waals surface area contributed by atoms with Crippen molar-refractivity contribution >= 4 is 7.60 Å². The fourth-order valence-electron chi connectivity index (χ4n) is 0.796. The zero-order valence-electron chi connectivity index (χ0n) is 9.48. The van der Waals surface area contributed by atoms with E-state index in [4.69, 9.17) is 18.9 Å². The third kappa shape index (κ3) is 10.4. The molecule has 0 aromatic rings. The summed E-state index contributed by atoms with van der Waals surface area (Å²) in [5, 5.41) is 0. The van der Waals surface area contributed by atoms with E-state index in [1.807, 2.05) is 6.92 Å². The van der Waals surface area contributed by atoms with E-state index >= 15 is 0 Å². The lowest BCUT2D eigenvalue weighted by Gasteiger charge is -2.09. The van der Waals surface area contributed by atoms with Crippen molar-refractivity contribution in [3.63, 3.8) is 0 Å². The molecule has 0 aliphatic carbocycles. The predicted molar refractivity (Wildman–Crippen MR) is 58.2 cm³/mol. The quantitative estimate of drug-likeness (QED) is 0.464. The topological polar surface area (TPSA) is 65.0 Å². The lowest BCUT2D eigenvalue weighted by Crippen LogP contribution is -2.09. The minimum absolute atomic E-state index is 0.132. The molecule has 0 aromatic heterocycles. The van der Waals surface area contributed by atoms with Crippen LogP contribution in [0.15, 0.2) is 0 Å². The van der Waals surface area contributed by atoms with Gasteiger partial charge in [0.15, 0.2) is 0 Å². The Morgan fingerprint density at radius 3 is 2.07 bits per heavy atom. The summed E-state index contributed by atoms with van der Waals surface area (Å²) in [5.41, 5.74) is 0. The Balaban J connectivity index is 3.15. The van der Waals surface area contributed by atoms with Gasteiger partial charge in [-0.25, -0.2) is 0 Å². The van der Waals surface area contributed by atoms with E-state index in [9.17, 15) is 4.57 Å². The molecule has 0 bridgehead atoms. The highest BCUT2D eigenvalue weighted by Gasteiger charge is 2.14. The highest BCUT2D eigenvalue weighted by Crippen LogP contribution is 2.40. The van der Waals surface area contributed by atoms with E-state index in [1.165, 1.54) is 0 Å². The molecule has 15 heavy (non-hydrogen) atoms. The van der Waals surface area contributed by atoms with Gasteiger partial charge in [-0.1, -0.05) is 13.8 Å². The molecule has 0 radical (unpaired) electrons. The summed E-state index contributed by atoms with van der Waals surface area (Å²) >= 11 is 0. The number of rotatable bonds is 10. The van der Waals surface area contributed by atoms with Gasteiger partial charge in [-0.3, -0.25) is 4.57 Å². The van der Waals surface area contributed by atoms with Crippen LogP contribution in [0.3, 0.4) is 0 Å². The Morgan fingerprint density at radius 2 is 1.53 bits per heavy atom. The van der Waals surface area contributed by atoms with Crippen LogP contribution in [0, 0.1) is 0 Å². The molecule has 0 heterocycles. The Morgan fingerprint density at radius 1 is 1.00 bits per heavy atom. The van der Waals surface area contributed by atoms with Crippen molar-refractivity contribution in [1.82, 2.24) is 0 Å². The SMILES string of the molecule is CCCOCCOCCOP(=O)(O)CC. The zero-order valence-corrected chi connectivity index (χ0v) is 10.4. The van der Waals surface area contributed by atoms with E-state index in [0.717, 1.165) is 13.0 Å². The second-order valence-corrected chi connectivity index (χ2v) is 5.18. The van der Waals surface area contributed by atoms with Crippen LogP contribution >= 0.6 is 7.60 Å². The molecule has 0 aliphatic heterocycles. The van der Waals surface area contributed by atoms with Crippen LogP contribution in [0.4, 0.5) is 0 Å². The van der Waals surface area contributed by atoms with Gasteiger partial charge in [0.1, 0.15) is 0 Å². The van der Waals surface area contributed by atoms with Crippen LogP contribution < -0.4 is 0 Å². The molecule has 0 rings (SSSR count). The fraction of sp³-hybridized carbons (Fsp3) is 1.00. The normalized spacial score (nSPS) is 15.1. The van der Waals surface area contributed by atoms with Gasteiger partial charge in [0, 0.05) is 12.8 Å². The first-order chi connectivity index (χ1) is 7.12. The molecule has 0 fully saturated rings. The highest BCUT2D eigenvalue weighted by atomic mass is 31.2. The van der Waals surface area contributed by atoms with Crippen molar-refractivity contribution in [3.8, 4) is 0 Å². The first-order valence-electron chi connectivity index (χ1n) is 5.24. The van der Waals surface area contributed by atoms with Crippen molar-refractivity contribution in [2.45, 2.75) is 20.3 Å². The zero-order chi connectivity index (χ0) is 11.6. The maximum absolute atomic E-state index is 11.0. The molecule has 0 aliphatic rings. The molecule has 6 heteroatoms. The van der Waals surface area contributed by atoms with Gasteiger partial charge < -0.3 is 18.9 Å². The minimum atomic E-state index is -3.35. The van der Waals surface area contributed by atoms with Crippen molar-refractivity contribution in [2.24, 2.45) is 0 Å². The van der Waals surface area contributed by atoms with Gasteiger partial charge in [0.25, 0.3) is 0 Å². The summed E-state index contributed by atoms with van der Waals surface area (Å²) in [5.74, 6) is 0. The highest BCUT2D eigenvalue weighted by molar-refractivity contribution is 7.52. The third-order valence-electron chi connectivity index (χ3n) is 1.64. The van der Waals surface area contributed by atoms with Crippen LogP contribution in [-0.2, 0) is 18.6 Å². The van der Waals surface area contributed by atoms with Gasteiger partial charge in [-0.15, -0.1) is 0 Å². The van der Waals surface area contributed by atoms with Gasteiger partial charge >= 0.3 is 7.60 Å². The maximum atomic E-state index is 11.0. The van der Waals surface area contributed by atoms with Gasteiger partial charge in [-0.2, -0.15) is 0 Å². The number of hydrogen-bond acceptors (Lipinski definition) is 4. The molecule has 0 saturated carbocycles. The van der Waals surface area contributed by atoms with Crippen molar-refractivity contribution in [3.05, 3.63) is 0 Å². The van der Waals surface area contributed by atoms with Crippen molar-refractivity contribution < 1.29 is 23.5 Å². The molecule has 0 amide bonds. The summed E-state index contributed by atoms with van der Waals surface area (Å²) in [4.78, 5) is 9.05. The largest absolute Gasteiger partial charge is 0.379 e. The Labute approximate surface area is 91.3 Å². The standard InChI is InChI=1S/C9H21O5P/c1-3-5-12-6-7-13-8-9-14-15(10,11)4-2/h3-9H2,1-2H3,(H,10,11). The van der Waals surface area contributed by atoms with Gasteiger partial charge in [0.2, 0.25) is 0 Å². The Hall–Kier alpha value is 0.0700. The van der Waals surface area contributed by atoms with Crippen LogP contribution in [0.25, 0.3) is 0 Å². The average Bonchev–Trinajstić information content (AvgIpc) is 2.22. The van der Waals surface area contributed by atoms with Gasteiger partial charge in [-0.05, 0) is 6.42 Å². The van der Waals surface area contributed by atoms with Crippen LogP contribution in [0.5, 0.6) is 0 Å². The summed E-state index contributed by atoms with van der Waals surface area (Å²) in [6, 6.07) is 0. The second-order valence-electron chi connectivity index (χ2n) is 3.01. The van der Waals surface area contributed by atoms with E-state index < -0.39 is 7.60 Å². The summed E-state index contributed by atoms with van der Waals surface area (Å²) in [6.45, 7) is 5.90. The van der Waals surface area contributed by atoms with Gasteiger partial charge in [0.05, 0.1) is 26.4 Å². The van der Waals surface area contributed by atoms with E-state index in [2.05, 4.69) is 0 Å². The lowest BCUT2D eigenvalue weighted by molar-refractivity contribution is 0.0353. The molecule has 92 valence electrons. The molecule has 1 atom stereocenters. The fourth-order valence-corrected chi connectivity index (χ4v) is 1.34. The van der Waals surface area contributed by atoms with E-state index in [0.29, 0.717) is 19.8 Å². The second kappa shape index (κ2) is 9.31. The molecular formula is C9H21O5P. The summed E-state index contributed by atoms with van der Waals surface area (Å²) in [7, 11) is -3.35. The van der Waals surface area contributed by atoms with E-state index in [1.54, 1.807) is 6.92 Å². The maximum Gasteiger partial charge on any atom is 0.327 e. The Bertz CT molecular complexity index is 185. The number of ether oxygens (including phenoxy) is 2. The van der Waals surface area contributed by atoms with E-state index in [-0.39, 0.29) is 12.8 Å². The summed E-state index contributed by atoms with van der Waals surface area (Å²) in [6.07, 6.45) is 1.12. The molecule has 1 unspecified atom stereocenters. The average molecular weight is 240 g/mol. The molecule has 5 nitrogen and oxygen atoms in total. The Kier molecular flexibility index (Phi) is 9.35. The molecule has 1 N–H and O–H groups in total. The molecule has 0 spiro atoms.